The molecule has 0 aliphatic heterocycles. The van der Waals surface area contributed by atoms with E-state index in [1.165, 1.54) is 5.56 Å². The average Bonchev–Trinajstić information content (AvgIpc) is 2.85. The smallest absolute Gasteiger partial charge is 0.315 e. The minimum atomic E-state index is 0.0301. The summed E-state index contributed by atoms with van der Waals surface area (Å²) in [5.74, 6) is 0.587. The van der Waals surface area contributed by atoms with Crippen LogP contribution in [-0.2, 0) is 13.0 Å². The molecule has 20 heavy (non-hydrogen) atoms. The topological polar surface area (TPSA) is 75.9 Å². The molecule has 6 nitrogen and oxygen atoms in total. The lowest BCUT2D eigenvalue weighted by Gasteiger charge is -2.18. The van der Waals surface area contributed by atoms with Gasteiger partial charge in [-0.25, -0.2) is 0 Å². The Kier molecular flexibility index (Phi) is 4.68. The maximum atomic E-state index is 5.51. The van der Waals surface area contributed by atoms with Crippen molar-refractivity contribution in [3.05, 3.63) is 36.0 Å². The molecule has 0 bridgehead atoms. The Bertz CT molecular complexity index is 518. The van der Waals surface area contributed by atoms with E-state index in [-0.39, 0.29) is 5.54 Å². The highest BCUT2D eigenvalue weighted by Gasteiger charge is 2.11. The van der Waals surface area contributed by atoms with Crippen LogP contribution >= 0.6 is 0 Å². The van der Waals surface area contributed by atoms with Crippen LogP contribution in [0.3, 0.4) is 0 Å². The van der Waals surface area contributed by atoms with Crippen LogP contribution in [0.15, 0.2) is 28.9 Å². The van der Waals surface area contributed by atoms with E-state index in [0.717, 1.165) is 13.0 Å². The Hall–Kier alpha value is -1.95. The number of anilines is 1. The molecule has 6 heteroatoms. The fraction of sp³-hybridized carbons (Fsp3) is 0.500. The van der Waals surface area contributed by atoms with E-state index in [1.807, 2.05) is 18.3 Å². The second-order valence-corrected chi connectivity index (χ2v) is 5.64. The Morgan fingerprint density at radius 3 is 2.80 bits per heavy atom. The summed E-state index contributed by atoms with van der Waals surface area (Å²) in [7, 11) is 0. The minimum Gasteiger partial charge on any atom is -0.407 e. The number of aromatic nitrogens is 3. The first kappa shape index (κ1) is 14.5. The lowest BCUT2D eigenvalue weighted by molar-refractivity contribution is 0.383. The molecular weight excluding hydrogens is 254 g/mol. The summed E-state index contributed by atoms with van der Waals surface area (Å²) in [4.78, 5) is 4.07. The van der Waals surface area contributed by atoms with Gasteiger partial charge in [-0.05, 0) is 38.8 Å². The van der Waals surface area contributed by atoms with E-state index in [4.69, 9.17) is 4.42 Å². The van der Waals surface area contributed by atoms with E-state index in [0.29, 0.717) is 18.5 Å². The van der Waals surface area contributed by atoms with E-state index < -0.39 is 0 Å². The van der Waals surface area contributed by atoms with Gasteiger partial charge in [-0.3, -0.25) is 4.98 Å². The molecule has 0 saturated carbocycles. The number of nitrogens with one attached hydrogen (secondary N) is 2. The maximum absolute atomic E-state index is 5.51. The number of hydrogen-bond donors (Lipinski definition) is 2. The molecule has 108 valence electrons. The molecule has 0 aromatic carbocycles. The van der Waals surface area contributed by atoms with Gasteiger partial charge in [0.25, 0.3) is 0 Å². The molecular formula is C14H21N5O. The molecule has 0 unspecified atom stereocenters. The molecule has 0 amide bonds. The van der Waals surface area contributed by atoms with Crippen LogP contribution < -0.4 is 10.6 Å². The molecule has 0 atom stereocenters. The van der Waals surface area contributed by atoms with Gasteiger partial charge in [-0.1, -0.05) is 11.2 Å². The van der Waals surface area contributed by atoms with Crippen LogP contribution in [0.1, 0.15) is 32.2 Å². The molecule has 0 saturated heterocycles. The summed E-state index contributed by atoms with van der Waals surface area (Å²) in [5, 5.41) is 14.4. The van der Waals surface area contributed by atoms with Crippen LogP contribution in [0.5, 0.6) is 0 Å². The first-order chi connectivity index (χ1) is 9.53. The van der Waals surface area contributed by atoms with Crippen molar-refractivity contribution < 1.29 is 4.42 Å². The zero-order valence-corrected chi connectivity index (χ0v) is 12.2. The summed E-state index contributed by atoms with van der Waals surface area (Å²) < 4.78 is 5.51. The number of rotatable bonds is 6. The molecule has 0 spiro atoms. The summed E-state index contributed by atoms with van der Waals surface area (Å²) in [6, 6.07) is 4.43. The van der Waals surface area contributed by atoms with Gasteiger partial charge in [0.15, 0.2) is 0 Å². The number of hydrogen-bond acceptors (Lipinski definition) is 6. The molecule has 2 aromatic heterocycles. The van der Waals surface area contributed by atoms with Crippen molar-refractivity contribution in [2.24, 2.45) is 0 Å². The predicted molar refractivity (Wildman–Crippen MR) is 77.3 cm³/mol. The fourth-order valence-electron chi connectivity index (χ4n) is 1.60. The highest BCUT2D eigenvalue weighted by molar-refractivity contribution is 5.18. The Balaban J connectivity index is 1.75. The van der Waals surface area contributed by atoms with Gasteiger partial charge < -0.3 is 15.1 Å². The molecule has 2 aromatic rings. The fourth-order valence-corrected chi connectivity index (χ4v) is 1.60. The van der Waals surface area contributed by atoms with Crippen molar-refractivity contribution in [2.45, 2.75) is 39.3 Å². The molecule has 2 N–H and O–H groups in total. The highest BCUT2D eigenvalue weighted by atomic mass is 16.4. The Labute approximate surface area is 119 Å². The molecule has 0 radical (unpaired) electrons. The van der Waals surface area contributed by atoms with Crippen molar-refractivity contribution in [2.75, 3.05) is 11.9 Å². The second kappa shape index (κ2) is 6.47. The van der Waals surface area contributed by atoms with E-state index in [9.17, 15) is 0 Å². The van der Waals surface area contributed by atoms with Gasteiger partial charge in [0.2, 0.25) is 5.89 Å². The van der Waals surface area contributed by atoms with Crippen LogP contribution in [0.2, 0.25) is 0 Å². The van der Waals surface area contributed by atoms with Gasteiger partial charge in [-0.2, -0.15) is 0 Å². The second-order valence-electron chi connectivity index (χ2n) is 5.64. The van der Waals surface area contributed by atoms with E-state index in [2.05, 4.69) is 46.6 Å². The van der Waals surface area contributed by atoms with Crippen molar-refractivity contribution in [1.29, 1.82) is 0 Å². The summed E-state index contributed by atoms with van der Waals surface area (Å²) in [6.07, 6.45) is 4.49. The predicted octanol–water partition coefficient (Wildman–Crippen LogP) is 2.01. The first-order valence-electron chi connectivity index (χ1n) is 6.73. The quantitative estimate of drug-likeness (QED) is 0.840. The molecule has 2 rings (SSSR count). The third-order valence-corrected chi connectivity index (χ3v) is 2.65. The van der Waals surface area contributed by atoms with Crippen molar-refractivity contribution in [3.8, 4) is 0 Å². The minimum absolute atomic E-state index is 0.0301. The van der Waals surface area contributed by atoms with Crippen molar-refractivity contribution in [1.82, 2.24) is 20.5 Å². The van der Waals surface area contributed by atoms with Crippen LogP contribution in [-0.4, -0.2) is 27.3 Å². The SMILES string of the molecule is CC(C)(C)NCc1nnc(NCCc2cccnc2)o1. The van der Waals surface area contributed by atoms with Gasteiger partial charge in [0, 0.05) is 24.5 Å². The normalized spacial score (nSPS) is 11.6. The van der Waals surface area contributed by atoms with Crippen LogP contribution in [0, 0.1) is 0 Å². The zero-order chi connectivity index (χ0) is 14.4. The average molecular weight is 275 g/mol. The van der Waals surface area contributed by atoms with E-state index >= 15 is 0 Å². The van der Waals surface area contributed by atoms with Crippen molar-refractivity contribution in [3.63, 3.8) is 0 Å². The first-order valence-corrected chi connectivity index (χ1v) is 6.73. The van der Waals surface area contributed by atoms with Crippen LogP contribution in [0.25, 0.3) is 0 Å². The molecule has 0 aliphatic rings. The Morgan fingerprint density at radius 1 is 1.25 bits per heavy atom. The lowest BCUT2D eigenvalue weighted by Crippen LogP contribution is -2.35. The Morgan fingerprint density at radius 2 is 2.10 bits per heavy atom. The van der Waals surface area contributed by atoms with Crippen LogP contribution in [0.4, 0.5) is 6.01 Å². The van der Waals surface area contributed by atoms with Gasteiger partial charge in [0.05, 0.1) is 6.54 Å². The maximum Gasteiger partial charge on any atom is 0.315 e. The standard InChI is InChI=1S/C14H21N5O/c1-14(2,3)17-10-12-18-19-13(20-12)16-8-6-11-5-4-7-15-9-11/h4-5,7,9,17H,6,8,10H2,1-3H3,(H,16,19). The third kappa shape index (κ3) is 4.97. The number of pyridine rings is 1. The van der Waals surface area contributed by atoms with Crippen molar-refractivity contribution >= 4 is 6.01 Å². The summed E-state index contributed by atoms with van der Waals surface area (Å²) >= 11 is 0. The monoisotopic (exact) mass is 275 g/mol. The third-order valence-electron chi connectivity index (χ3n) is 2.65. The van der Waals surface area contributed by atoms with E-state index in [1.54, 1.807) is 6.20 Å². The molecule has 0 aliphatic carbocycles. The van der Waals surface area contributed by atoms with Gasteiger partial charge in [0.1, 0.15) is 0 Å². The van der Waals surface area contributed by atoms with Gasteiger partial charge in [-0.15, -0.1) is 5.10 Å². The molecule has 0 fully saturated rings. The highest BCUT2D eigenvalue weighted by Crippen LogP contribution is 2.07. The summed E-state index contributed by atoms with van der Waals surface area (Å²) in [6.45, 7) is 7.59. The summed E-state index contributed by atoms with van der Waals surface area (Å²) in [5.41, 5.74) is 1.21. The number of nitrogens with zero attached hydrogens (tertiary/aromatic N) is 3. The molecule has 2 heterocycles. The largest absolute Gasteiger partial charge is 0.407 e. The zero-order valence-electron chi connectivity index (χ0n) is 12.2. The lowest BCUT2D eigenvalue weighted by atomic mass is 10.1. The van der Waals surface area contributed by atoms with Gasteiger partial charge >= 0.3 is 6.01 Å².